The second kappa shape index (κ2) is 6.10. The van der Waals surface area contributed by atoms with Gasteiger partial charge >= 0.3 is 0 Å². The normalized spacial score (nSPS) is 22.7. The van der Waals surface area contributed by atoms with Gasteiger partial charge in [0.05, 0.1) is 11.2 Å². The zero-order valence-corrected chi connectivity index (χ0v) is 13.4. The van der Waals surface area contributed by atoms with Crippen LogP contribution in [0.25, 0.3) is 0 Å². The molecule has 0 spiro atoms. The highest BCUT2D eigenvalue weighted by Crippen LogP contribution is 2.25. The Morgan fingerprint density at radius 2 is 2.40 bits per heavy atom. The van der Waals surface area contributed by atoms with Crippen LogP contribution in [0.15, 0.2) is 16.7 Å². The van der Waals surface area contributed by atoms with E-state index in [2.05, 4.69) is 26.2 Å². The molecule has 1 amide bonds. The summed E-state index contributed by atoms with van der Waals surface area (Å²) in [6.45, 7) is 5.48. The summed E-state index contributed by atoms with van der Waals surface area (Å²) in [7, 11) is 0. The Morgan fingerprint density at radius 1 is 1.65 bits per heavy atom. The lowest BCUT2D eigenvalue weighted by molar-refractivity contribution is -0.0107. The van der Waals surface area contributed by atoms with Crippen LogP contribution in [0, 0.1) is 0 Å². The predicted octanol–water partition coefficient (Wildman–Crippen LogP) is 2.26. The van der Waals surface area contributed by atoms with Crippen LogP contribution >= 0.6 is 15.9 Å². The lowest BCUT2D eigenvalue weighted by atomic mass is 9.94. The Hall–Kier alpha value is -1.14. The summed E-state index contributed by atoms with van der Waals surface area (Å²) >= 11 is 3.35. The van der Waals surface area contributed by atoms with Crippen LogP contribution in [0.3, 0.4) is 0 Å². The van der Waals surface area contributed by atoms with Gasteiger partial charge in [-0.05, 0) is 48.7 Å². The molecule has 20 heavy (non-hydrogen) atoms. The molecule has 0 bridgehead atoms. The molecular weight excluding hydrogens is 322 g/mol. The topological polar surface area (TPSA) is 65.5 Å². The van der Waals surface area contributed by atoms with E-state index in [1.807, 2.05) is 6.92 Å². The number of piperidine rings is 1. The first-order chi connectivity index (χ1) is 9.43. The molecule has 0 saturated carbocycles. The Bertz CT molecular complexity index is 505. The average Bonchev–Trinajstić information content (AvgIpc) is 2.39. The number of pyridine rings is 1. The van der Waals surface area contributed by atoms with Crippen molar-refractivity contribution in [1.29, 1.82) is 0 Å². The van der Waals surface area contributed by atoms with E-state index in [-0.39, 0.29) is 5.91 Å². The molecule has 2 heterocycles. The third-order valence-corrected chi connectivity index (χ3v) is 3.82. The third-order valence-electron chi connectivity index (χ3n) is 3.39. The summed E-state index contributed by atoms with van der Waals surface area (Å²) in [4.78, 5) is 18.6. The van der Waals surface area contributed by atoms with Gasteiger partial charge < -0.3 is 15.3 Å². The molecule has 1 aliphatic heterocycles. The molecule has 1 saturated heterocycles. The van der Waals surface area contributed by atoms with Crippen molar-refractivity contribution in [3.05, 3.63) is 22.3 Å². The molecule has 1 fully saturated rings. The van der Waals surface area contributed by atoms with Gasteiger partial charge in [0.1, 0.15) is 5.82 Å². The standard InChI is InChI=1S/C14H20BrN3O2/c1-3-16-12-11(7-10(15)8-17-12)13(19)18-6-4-5-14(2,20)9-18/h7-8,20H,3-6,9H2,1-2H3,(H,16,17). The molecule has 0 aliphatic carbocycles. The van der Waals surface area contributed by atoms with Crippen LogP contribution in [-0.2, 0) is 0 Å². The molecule has 0 aromatic carbocycles. The van der Waals surface area contributed by atoms with Gasteiger partial charge in [-0.3, -0.25) is 4.79 Å². The largest absolute Gasteiger partial charge is 0.388 e. The smallest absolute Gasteiger partial charge is 0.257 e. The van der Waals surface area contributed by atoms with Gasteiger partial charge in [-0.25, -0.2) is 4.98 Å². The van der Waals surface area contributed by atoms with Crippen LogP contribution in [0.5, 0.6) is 0 Å². The van der Waals surface area contributed by atoms with E-state index in [1.165, 1.54) is 0 Å². The van der Waals surface area contributed by atoms with Crippen molar-refractivity contribution in [3.8, 4) is 0 Å². The van der Waals surface area contributed by atoms with Gasteiger partial charge in [-0.2, -0.15) is 0 Å². The molecule has 2 N–H and O–H groups in total. The lowest BCUT2D eigenvalue weighted by Gasteiger charge is -2.37. The maximum absolute atomic E-state index is 12.6. The Labute approximate surface area is 127 Å². The number of hydrogen-bond donors (Lipinski definition) is 2. The molecule has 110 valence electrons. The van der Waals surface area contributed by atoms with Gasteiger partial charge in [-0.1, -0.05) is 0 Å². The first kappa shape index (κ1) is 15.3. The number of halogens is 1. The van der Waals surface area contributed by atoms with E-state index >= 15 is 0 Å². The summed E-state index contributed by atoms with van der Waals surface area (Å²) in [5.41, 5.74) is -0.259. The number of likely N-dealkylation sites (tertiary alicyclic amines) is 1. The highest BCUT2D eigenvalue weighted by molar-refractivity contribution is 9.10. The molecule has 1 atom stereocenters. The second-order valence-electron chi connectivity index (χ2n) is 5.41. The van der Waals surface area contributed by atoms with Crippen LogP contribution in [0.1, 0.15) is 37.0 Å². The van der Waals surface area contributed by atoms with Gasteiger partial charge in [0, 0.05) is 30.3 Å². The van der Waals surface area contributed by atoms with Crippen LogP contribution in [0.4, 0.5) is 5.82 Å². The zero-order valence-electron chi connectivity index (χ0n) is 11.8. The van der Waals surface area contributed by atoms with Crippen molar-refractivity contribution in [1.82, 2.24) is 9.88 Å². The number of nitrogens with one attached hydrogen (secondary N) is 1. The number of rotatable bonds is 3. The maximum Gasteiger partial charge on any atom is 0.257 e. The van der Waals surface area contributed by atoms with E-state index in [0.717, 1.165) is 17.3 Å². The number of anilines is 1. The predicted molar refractivity (Wildman–Crippen MR) is 81.9 cm³/mol. The fourth-order valence-corrected chi connectivity index (χ4v) is 2.81. The molecule has 6 heteroatoms. The van der Waals surface area contributed by atoms with E-state index in [0.29, 0.717) is 31.0 Å². The van der Waals surface area contributed by atoms with Crippen molar-refractivity contribution in [2.75, 3.05) is 25.0 Å². The first-order valence-corrected chi connectivity index (χ1v) is 7.63. The van der Waals surface area contributed by atoms with Crippen LogP contribution in [0.2, 0.25) is 0 Å². The number of β-amino-alcohol motifs (C(OH)–C–C–N with tert-alkyl or cyclic N) is 1. The third kappa shape index (κ3) is 3.49. The van der Waals surface area contributed by atoms with Gasteiger partial charge in [0.15, 0.2) is 0 Å². The minimum Gasteiger partial charge on any atom is -0.388 e. The number of nitrogens with zero attached hydrogens (tertiary/aromatic N) is 2. The summed E-state index contributed by atoms with van der Waals surface area (Å²) in [5.74, 6) is 0.501. The van der Waals surface area contributed by atoms with Gasteiger partial charge in [-0.15, -0.1) is 0 Å². The number of carbonyl (C=O) groups is 1. The fourth-order valence-electron chi connectivity index (χ4n) is 2.47. The van der Waals surface area contributed by atoms with Crippen molar-refractivity contribution in [2.45, 2.75) is 32.3 Å². The summed E-state index contributed by atoms with van der Waals surface area (Å²) in [6.07, 6.45) is 3.21. The number of amides is 1. The molecule has 2 rings (SSSR count). The second-order valence-corrected chi connectivity index (χ2v) is 6.32. The Balaban J connectivity index is 2.26. The van der Waals surface area contributed by atoms with Crippen molar-refractivity contribution in [2.24, 2.45) is 0 Å². The molecule has 1 aromatic heterocycles. The number of aromatic nitrogens is 1. The van der Waals surface area contributed by atoms with E-state index in [9.17, 15) is 9.90 Å². The summed E-state index contributed by atoms with van der Waals surface area (Å²) < 4.78 is 0.770. The van der Waals surface area contributed by atoms with Gasteiger partial charge in [0.2, 0.25) is 0 Å². The number of hydrogen-bond acceptors (Lipinski definition) is 4. The van der Waals surface area contributed by atoms with Crippen molar-refractivity contribution < 1.29 is 9.90 Å². The monoisotopic (exact) mass is 341 g/mol. The molecule has 5 nitrogen and oxygen atoms in total. The zero-order chi connectivity index (χ0) is 14.8. The van der Waals surface area contributed by atoms with E-state index < -0.39 is 5.60 Å². The molecule has 1 aromatic rings. The highest BCUT2D eigenvalue weighted by Gasteiger charge is 2.32. The Kier molecular flexibility index (Phi) is 4.65. The fraction of sp³-hybridized carbons (Fsp3) is 0.571. The molecular formula is C14H20BrN3O2. The summed E-state index contributed by atoms with van der Waals surface area (Å²) in [5, 5.41) is 13.2. The minimum atomic E-state index is -0.800. The van der Waals surface area contributed by atoms with Crippen LogP contribution < -0.4 is 5.32 Å². The minimum absolute atomic E-state index is 0.0882. The summed E-state index contributed by atoms with van der Waals surface area (Å²) in [6, 6.07) is 1.77. The van der Waals surface area contributed by atoms with Crippen LogP contribution in [-0.4, -0.2) is 46.1 Å². The molecule has 0 radical (unpaired) electrons. The van der Waals surface area contributed by atoms with E-state index in [4.69, 9.17) is 0 Å². The Morgan fingerprint density at radius 3 is 3.05 bits per heavy atom. The van der Waals surface area contributed by atoms with Gasteiger partial charge in [0.25, 0.3) is 5.91 Å². The number of carbonyl (C=O) groups excluding carboxylic acids is 1. The molecule has 1 aliphatic rings. The lowest BCUT2D eigenvalue weighted by Crippen LogP contribution is -2.48. The van der Waals surface area contributed by atoms with Crippen molar-refractivity contribution >= 4 is 27.7 Å². The average molecular weight is 342 g/mol. The van der Waals surface area contributed by atoms with E-state index in [1.54, 1.807) is 24.1 Å². The highest BCUT2D eigenvalue weighted by atomic mass is 79.9. The maximum atomic E-state index is 12.6. The SMILES string of the molecule is CCNc1ncc(Br)cc1C(=O)N1CCCC(C)(O)C1. The first-order valence-electron chi connectivity index (χ1n) is 6.84. The quantitative estimate of drug-likeness (QED) is 0.884. The number of aliphatic hydroxyl groups is 1. The molecule has 1 unspecified atom stereocenters. The van der Waals surface area contributed by atoms with Crippen molar-refractivity contribution in [3.63, 3.8) is 0 Å².